The summed E-state index contributed by atoms with van der Waals surface area (Å²) in [5.41, 5.74) is 1.10. The van der Waals surface area contributed by atoms with Crippen molar-refractivity contribution in [2.24, 2.45) is 0 Å². The van der Waals surface area contributed by atoms with Gasteiger partial charge in [-0.25, -0.2) is 9.37 Å². The standard InChI is InChI=1S/C17H19BrFN3O/c18-14-3-6-17(20-11-14)21-12-16(22-7-9-23-10-8-22)13-1-4-15(19)5-2-13/h1-6,11,16H,7-10,12H2,(H,20,21). The lowest BCUT2D eigenvalue weighted by Crippen LogP contribution is -2.41. The molecule has 1 unspecified atom stereocenters. The van der Waals surface area contributed by atoms with E-state index in [1.807, 2.05) is 24.3 Å². The summed E-state index contributed by atoms with van der Waals surface area (Å²) in [6.45, 7) is 3.91. The van der Waals surface area contributed by atoms with Crippen molar-refractivity contribution in [1.29, 1.82) is 0 Å². The van der Waals surface area contributed by atoms with Crippen molar-refractivity contribution in [2.45, 2.75) is 6.04 Å². The van der Waals surface area contributed by atoms with Gasteiger partial charge in [0.1, 0.15) is 11.6 Å². The first kappa shape index (κ1) is 16.4. The normalized spacial score (nSPS) is 17.0. The van der Waals surface area contributed by atoms with Crippen molar-refractivity contribution in [2.75, 3.05) is 38.2 Å². The van der Waals surface area contributed by atoms with Crippen LogP contribution in [0.5, 0.6) is 0 Å². The van der Waals surface area contributed by atoms with E-state index in [4.69, 9.17) is 4.74 Å². The molecule has 6 heteroatoms. The molecule has 1 aliphatic rings. The first-order valence-corrected chi connectivity index (χ1v) is 8.44. The molecule has 122 valence electrons. The van der Waals surface area contributed by atoms with Gasteiger partial charge in [-0.2, -0.15) is 0 Å². The summed E-state index contributed by atoms with van der Waals surface area (Å²) in [7, 11) is 0. The molecule has 1 N–H and O–H groups in total. The Balaban J connectivity index is 1.74. The molecule has 0 amide bonds. The second kappa shape index (κ2) is 7.86. The molecule has 1 aromatic heterocycles. The monoisotopic (exact) mass is 379 g/mol. The van der Waals surface area contributed by atoms with Gasteiger partial charge in [-0.1, -0.05) is 12.1 Å². The van der Waals surface area contributed by atoms with Gasteiger partial charge in [0.25, 0.3) is 0 Å². The van der Waals surface area contributed by atoms with Crippen LogP contribution < -0.4 is 5.32 Å². The summed E-state index contributed by atoms with van der Waals surface area (Å²) < 4.78 is 19.6. The summed E-state index contributed by atoms with van der Waals surface area (Å²) in [6, 6.07) is 10.8. The molecule has 1 saturated heterocycles. The fraction of sp³-hybridized carbons (Fsp3) is 0.353. The molecule has 2 aromatic rings. The van der Waals surface area contributed by atoms with E-state index in [1.165, 1.54) is 12.1 Å². The molecule has 1 atom stereocenters. The molecule has 0 bridgehead atoms. The minimum Gasteiger partial charge on any atom is -0.379 e. The SMILES string of the molecule is Fc1ccc(C(CNc2ccc(Br)cn2)N2CCOCC2)cc1. The number of halogens is 2. The number of nitrogens with one attached hydrogen (secondary N) is 1. The molecule has 0 radical (unpaired) electrons. The Kier molecular flexibility index (Phi) is 5.59. The van der Waals surface area contributed by atoms with Gasteiger partial charge in [0.2, 0.25) is 0 Å². The van der Waals surface area contributed by atoms with Gasteiger partial charge in [0.05, 0.1) is 19.3 Å². The van der Waals surface area contributed by atoms with E-state index < -0.39 is 0 Å². The number of ether oxygens (including phenoxy) is 1. The third-order valence-corrected chi connectivity index (χ3v) is 4.41. The number of pyridine rings is 1. The Bertz CT molecular complexity index is 615. The van der Waals surface area contributed by atoms with Gasteiger partial charge < -0.3 is 10.1 Å². The molecule has 0 aliphatic carbocycles. The Morgan fingerprint density at radius 2 is 1.91 bits per heavy atom. The van der Waals surface area contributed by atoms with E-state index in [-0.39, 0.29) is 11.9 Å². The summed E-state index contributed by atoms with van der Waals surface area (Å²) in [4.78, 5) is 6.71. The Morgan fingerprint density at radius 1 is 1.17 bits per heavy atom. The molecular weight excluding hydrogens is 361 g/mol. The fourth-order valence-electron chi connectivity index (χ4n) is 2.71. The molecule has 0 spiro atoms. The van der Waals surface area contributed by atoms with Gasteiger partial charge >= 0.3 is 0 Å². The average molecular weight is 380 g/mol. The number of benzene rings is 1. The Hall–Kier alpha value is -1.50. The van der Waals surface area contributed by atoms with Crippen molar-refractivity contribution in [3.63, 3.8) is 0 Å². The van der Waals surface area contributed by atoms with Crippen molar-refractivity contribution in [1.82, 2.24) is 9.88 Å². The minimum atomic E-state index is -0.211. The van der Waals surface area contributed by atoms with Crippen LogP contribution in [0, 0.1) is 5.82 Å². The van der Waals surface area contributed by atoms with Crippen LogP contribution in [0.1, 0.15) is 11.6 Å². The molecule has 1 fully saturated rings. The number of rotatable bonds is 5. The maximum atomic E-state index is 13.2. The third-order valence-electron chi connectivity index (χ3n) is 3.95. The molecule has 1 aromatic carbocycles. The summed E-state index contributed by atoms with van der Waals surface area (Å²) >= 11 is 3.38. The van der Waals surface area contributed by atoms with Crippen LogP contribution in [0.2, 0.25) is 0 Å². The summed E-state index contributed by atoms with van der Waals surface area (Å²) in [6.07, 6.45) is 1.77. The number of hydrogen-bond donors (Lipinski definition) is 1. The smallest absolute Gasteiger partial charge is 0.126 e. The molecule has 1 aliphatic heterocycles. The molecule has 4 nitrogen and oxygen atoms in total. The highest BCUT2D eigenvalue weighted by atomic mass is 79.9. The molecule has 0 saturated carbocycles. The van der Waals surface area contributed by atoms with E-state index in [0.29, 0.717) is 6.54 Å². The predicted molar refractivity (Wildman–Crippen MR) is 92.0 cm³/mol. The van der Waals surface area contributed by atoms with Crippen LogP contribution >= 0.6 is 15.9 Å². The zero-order valence-electron chi connectivity index (χ0n) is 12.7. The van der Waals surface area contributed by atoms with Crippen molar-refractivity contribution >= 4 is 21.7 Å². The van der Waals surface area contributed by atoms with Crippen LogP contribution in [-0.2, 0) is 4.74 Å². The highest BCUT2D eigenvalue weighted by Crippen LogP contribution is 2.23. The minimum absolute atomic E-state index is 0.157. The third kappa shape index (κ3) is 4.50. The van der Waals surface area contributed by atoms with Crippen LogP contribution in [-0.4, -0.2) is 42.7 Å². The number of nitrogens with zero attached hydrogens (tertiary/aromatic N) is 2. The van der Waals surface area contributed by atoms with E-state index in [2.05, 4.69) is 31.1 Å². The van der Waals surface area contributed by atoms with Crippen molar-refractivity contribution in [3.8, 4) is 0 Å². The van der Waals surface area contributed by atoms with E-state index in [1.54, 1.807) is 6.20 Å². The number of anilines is 1. The first-order chi connectivity index (χ1) is 11.2. The van der Waals surface area contributed by atoms with Gasteiger partial charge in [-0.05, 0) is 45.8 Å². The van der Waals surface area contributed by atoms with Gasteiger partial charge in [-0.15, -0.1) is 0 Å². The molecule has 23 heavy (non-hydrogen) atoms. The van der Waals surface area contributed by atoms with Crippen LogP contribution in [0.25, 0.3) is 0 Å². The zero-order valence-corrected chi connectivity index (χ0v) is 14.3. The fourth-order valence-corrected chi connectivity index (χ4v) is 2.95. The maximum Gasteiger partial charge on any atom is 0.126 e. The molecular formula is C17H19BrFN3O. The predicted octanol–water partition coefficient (Wildman–Crippen LogP) is 3.47. The lowest BCUT2D eigenvalue weighted by atomic mass is 10.0. The quantitative estimate of drug-likeness (QED) is 0.862. The lowest BCUT2D eigenvalue weighted by molar-refractivity contribution is 0.0187. The first-order valence-electron chi connectivity index (χ1n) is 7.65. The van der Waals surface area contributed by atoms with Crippen LogP contribution in [0.15, 0.2) is 47.1 Å². The number of morpholine rings is 1. The van der Waals surface area contributed by atoms with Gasteiger partial charge in [0.15, 0.2) is 0 Å². The molecule has 3 rings (SSSR count). The highest BCUT2D eigenvalue weighted by Gasteiger charge is 2.22. The Morgan fingerprint density at radius 3 is 2.57 bits per heavy atom. The topological polar surface area (TPSA) is 37.4 Å². The number of hydrogen-bond acceptors (Lipinski definition) is 4. The maximum absolute atomic E-state index is 13.2. The van der Waals surface area contributed by atoms with Crippen LogP contribution in [0.3, 0.4) is 0 Å². The van der Waals surface area contributed by atoms with E-state index >= 15 is 0 Å². The van der Waals surface area contributed by atoms with Crippen molar-refractivity contribution < 1.29 is 9.13 Å². The van der Waals surface area contributed by atoms with Gasteiger partial charge in [0, 0.05) is 30.3 Å². The second-order valence-corrected chi connectivity index (χ2v) is 6.37. The molecule has 2 heterocycles. The number of aromatic nitrogens is 1. The average Bonchev–Trinajstić information content (AvgIpc) is 2.59. The van der Waals surface area contributed by atoms with Crippen LogP contribution in [0.4, 0.5) is 10.2 Å². The summed E-state index contributed by atoms with van der Waals surface area (Å²) in [5, 5.41) is 3.37. The van der Waals surface area contributed by atoms with Gasteiger partial charge in [-0.3, -0.25) is 4.90 Å². The summed E-state index contributed by atoms with van der Waals surface area (Å²) in [5.74, 6) is 0.616. The second-order valence-electron chi connectivity index (χ2n) is 5.46. The van der Waals surface area contributed by atoms with Crippen molar-refractivity contribution in [3.05, 3.63) is 58.4 Å². The van der Waals surface area contributed by atoms with E-state index in [9.17, 15) is 4.39 Å². The largest absolute Gasteiger partial charge is 0.379 e. The Labute approximate surface area is 143 Å². The lowest BCUT2D eigenvalue weighted by Gasteiger charge is -2.35. The highest BCUT2D eigenvalue weighted by molar-refractivity contribution is 9.10. The zero-order chi connectivity index (χ0) is 16.1. The van der Waals surface area contributed by atoms with E-state index in [0.717, 1.165) is 42.2 Å².